The van der Waals surface area contributed by atoms with Crippen molar-refractivity contribution in [2.24, 2.45) is 0 Å². The van der Waals surface area contributed by atoms with Crippen molar-refractivity contribution < 1.29 is 13.2 Å². The van der Waals surface area contributed by atoms with Crippen LogP contribution in [-0.2, 0) is 9.84 Å². The third-order valence-corrected chi connectivity index (χ3v) is 3.82. The van der Waals surface area contributed by atoms with Gasteiger partial charge >= 0.3 is 0 Å². The lowest BCUT2D eigenvalue weighted by Gasteiger charge is -2.18. The lowest BCUT2D eigenvalue weighted by Crippen LogP contribution is -2.25. The number of hydrogen-bond acceptors (Lipinski definition) is 4. The number of hydrogen-bond donors (Lipinski definition) is 1. The van der Waals surface area contributed by atoms with Crippen molar-refractivity contribution in [3.63, 3.8) is 0 Å². The van der Waals surface area contributed by atoms with Gasteiger partial charge in [0.05, 0.1) is 12.9 Å². The van der Waals surface area contributed by atoms with E-state index in [1.54, 1.807) is 14.2 Å². The average Bonchev–Trinajstić information content (AvgIpc) is 2.24. The predicted octanol–water partition coefficient (Wildman–Crippen LogP) is 1.76. The lowest BCUT2D eigenvalue weighted by molar-refractivity contribution is 0.403. The van der Waals surface area contributed by atoms with Crippen molar-refractivity contribution in [1.29, 1.82) is 0 Å². The van der Waals surface area contributed by atoms with Crippen LogP contribution in [0, 0.1) is 0 Å². The van der Waals surface area contributed by atoms with Gasteiger partial charge in [0, 0.05) is 22.3 Å². The van der Waals surface area contributed by atoms with Crippen LogP contribution in [0.15, 0.2) is 22.7 Å². The molecule has 0 heterocycles. The molecule has 4 nitrogen and oxygen atoms in total. The highest BCUT2D eigenvalue weighted by Gasteiger charge is 2.19. The number of methoxy groups -OCH3 is 1. The number of ether oxygens (including phenoxy) is 1. The molecular weight excluding hydrogens is 306 g/mol. The molecule has 0 spiro atoms. The minimum absolute atomic E-state index is 0.0380. The van der Waals surface area contributed by atoms with Crippen molar-refractivity contribution in [3.05, 3.63) is 28.2 Å². The van der Waals surface area contributed by atoms with E-state index in [1.807, 2.05) is 18.2 Å². The van der Waals surface area contributed by atoms with E-state index in [1.165, 1.54) is 6.26 Å². The molecule has 0 aliphatic carbocycles. The second kappa shape index (κ2) is 5.84. The van der Waals surface area contributed by atoms with E-state index in [2.05, 4.69) is 21.2 Å². The molecule has 0 saturated carbocycles. The van der Waals surface area contributed by atoms with Crippen LogP contribution in [0.2, 0.25) is 0 Å². The Morgan fingerprint density at radius 3 is 2.59 bits per heavy atom. The summed E-state index contributed by atoms with van der Waals surface area (Å²) in [5.74, 6) is 0.715. The number of nitrogens with one attached hydrogen (secondary N) is 1. The van der Waals surface area contributed by atoms with Gasteiger partial charge in [-0.1, -0.05) is 15.9 Å². The summed E-state index contributed by atoms with van der Waals surface area (Å²) in [5, 5.41) is 3.00. The fourth-order valence-electron chi connectivity index (χ4n) is 1.61. The number of halogens is 1. The summed E-state index contributed by atoms with van der Waals surface area (Å²) >= 11 is 3.37. The van der Waals surface area contributed by atoms with Gasteiger partial charge in [-0.3, -0.25) is 0 Å². The molecule has 96 valence electrons. The van der Waals surface area contributed by atoms with E-state index < -0.39 is 9.84 Å². The number of benzene rings is 1. The van der Waals surface area contributed by atoms with Crippen molar-refractivity contribution >= 4 is 25.8 Å². The number of sulfone groups is 1. The molecule has 0 amide bonds. The van der Waals surface area contributed by atoms with Crippen LogP contribution in [0.5, 0.6) is 5.75 Å². The minimum Gasteiger partial charge on any atom is -0.496 e. The number of rotatable bonds is 5. The van der Waals surface area contributed by atoms with Crippen molar-refractivity contribution in [3.8, 4) is 5.75 Å². The first-order chi connectivity index (χ1) is 7.87. The molecule has 1 atom stereocenters. The van der Waals surface area contributed by atoms with E-state index in [9.17, 15) is 8.42 Å². The van der Waals surface area contributed by atoms with E-state index in [-0.39, 0.29) is 11.8 Å². The van der Waals surface area contributed by atoms with Gasteiger partial charge in [0.2, 0.25) is 0 Å². The van der Waals surface area contributed by atoms with Crippen molar-refractivity contribution in [2.75, 3.05) is 26.2 Å². The molecule has 0 aromatic heterocycles. The molecule has 1 aromatic carbocycles. The molecule has 0 fully saturated rings. The summed E-state index contributed by atoms with van der Waals surface area (Å²) in [6.45, 7) is 0. The van der Waals surface area contributed by atoms with Crippen LogP contribution in [0.1, 0.15) is 11.6 Å². The maximum atomic E-state index is 11.4. The molecule has 17 heavy (non-hydrogen) atoms. The first-order valence-corrected chi connectivity index (χ1v) is 7.91. The zero-order valence-electron chi connectivity index (χ0n) is 10.0. The van der Waals surface area contributed by atoms with Crippen molar-refractivity contribution in [1.82, 2.24) is 5.32 Å². The molecule has 1 rings (SSSR count). The van der Waals surface area contributed by atoms with Gasteiger partial charge in [0.25, 0.3) is 0 Å². The fraction of sp³-hybridized carbons (Fsp3) is 0.455. The third kappa shape index (κ3) is 4.29. The summed E-state index contributed by atoms with van der Waals surface area (Å²) < 4.78 is 28.9. The van der Waals surface area contributed by atoms with Gasteiger partial charge in [0.15, 0.2) is 0 Å². The molecule has 0 aliphatic heterocycles. The summed E-state index contributed by atoms with van der Waals surface area (Å²) in [4.78, 5) is 0. The van der Waals surface area contributed by atoms with Crippen molar-refractivity contribution in [2.45, 2.75) is 6.04 Å². The molecule has 0 bridgehead atoms. The summed E-state index contributed by atoms with van der Waals surface area (Å²) in [5.41, 5.74) is 0.829. The maximum absolute atomic E-state index is 11.4. The molecule has 0 aliphatic rings. The second-order valence-corrected chi connectivity index (χ2v) is 6.92. The molecule has 1 aromatic rings. The third-order valence-electron chi connectivity index (χ3n) is 2.39. The SMILES string of the molecule is CNC(CS(C)(=O)=O)c1cc(Br)ccc1OC. The van der Waals surface area contributed by atoms with Gasteiger partial charge < -0.3 is 10.1 Å². The highest BCUT2D eigenvalue weighted by Crippen LogP contribution is 2.29. The average molecular weight is 322 g/mol. The Balaban J connectivity index is 3.14. The molecule has 0 radical (unpaired) electrons. The molecule has 1 unspecified atom stereocenters. The zero-order chi connectivity index (χ0) is 13.1. The van der Waals surface area contributed by atoms with E-state index >= 15 is 0 Å². The van der Waals surface area contributed by atoms with Gasteiger partial charge in [0.1, 0.15) is 15.6 Å². The van der Waals surface area contributed by atoms with Crippen LogP contribution < -0.4 is 10.1 Å². The normalized spacial score (nSPS) is 13.4. The Morgan fingerprint density at radius 1 is 1.47 bits per heavy atom. The summed E-state index contributed by atoms with van der Waals surface area (Å²) in [6, 6.07) is 5.25. The highest BCUT2D eigenvalue weighted by molar-refractivity contribution is 9.10. The van der Waals surface area contributed by atoms with Crippen LogP contribution in [0.25, 0.3) is 0 Å². The second-order valence-electron chi connectivity index (χ2n) is 3.82. The first kappa shape index (κ1) is 14.5. The maximum Gasteiger partial charge on any atom is 0.149 e. The van der Waals surface area contributed by atoms with Crippen LogP contribution in [0.4, 0.5) is 0 Å². The Hall–Kier alpha value is -0.590. The van der Waals surface area contributed by atoms with Gasteiger partial charge in [-0.05, 0) is 25.2 Å². The fourth-order valence-corrected chi connectivity index (χ4v) is 2.94. The van der Waals surface area contributed by atoms with E-state index in [4.69, 9.17) is 4.74 Å². The van der Waals surface area contributed by atoms with E-state index in [0.717, 1.165) is 10.0 Å². The smallest absolute Gasteiger partial charge is 0.149 e. The van der Waals surface area contributed by atoms with Crippen LogP contribution in [0.3, 0.4) is 0 Å². The Morgan fingerprint density at radius 2 is 2.12 bits per heavy atom. The zero-order valence-corrected chi connectivity index (χ0v) is 12.4. The lowest BCUT2D eigenvalue weighted by atomic mass is 10.1. The quantitative estimate of drug-likeness (QED) is 0.898. The first-order valence-electron chi connectivity index (χ1n) is 5.06. The predicted molar refractivity (Wildman–Crippen MR) is 72.2 cm³/mol. The Labute approximate surface area is 110 Å². The Kier molecular flexibility index (Phi) is 4.97. The highest BCUT2D eigenvalue weighted by atomic mass is 79.9. The standard InChI is InChI=1S/C11H16BrNO3S/c1-13-10(7-17(3,14)15)9-6-8(12)4-5-11(9)16-2/h4-6,10,13H,7H2,1-3H3. The monoisotopic (exact) mass is 321 g/mol. The Bertz CT molecular complexity index is 487. The van der Waals surface area contributed by atoms with Crippen LogP contribution >= 0.6 is 15.9 Å². The largest absolute Gasteiger partial charge is 0.496 e. The summed E-state index contributed by atoms with van der Waals surface area (Å²) in [7, 11) is 0.247. The van der Waals surface area contributed by atoms with Gasteiger partial charge in [-0.15, -0.1) is 0 Å². The van der Waals surface area contributed by atoms with E-state index in [0.29, 0.717) is 5.75 Å². The van der Waals surface area contributed by atoms with Gasteiger partial charge in [-0.25, -0.2) is 8.42 Å². The van der Waals surface area contributed by atoms with Gasteiger partial charge in [-0.2, -0.15) is 0 Å². The minimum atomic E-state index is -3.05. The molecule has 6 heteroatoms. The topological polar surface area (TPSA) is 55.4 Å². The molecule has 0 saturated heterocycles. The van der Waals surface area contributed by atoms with Crippen LogP contribution in [-0.4, -0.2) is 34.6 Å². The molecular formula is C11H16BrNO3S. The molecule has 1 N–H and O–H groups in total. The summed E-state index contributed by atoms with van der Waals surface area (Å²) in [6.07, 6.45) is 1.22.